The van der Waals surface area contributed by atoms with Crippen LogP contribution in [0.5, 0.6) is 0 Å². The van der Waals surface area contributed by atoms with Gasteiger partial charge < -0.3 is 5.32 Å². The van der Waals surface area contributed by atoms with Crippen LogP contribution in [0.4, 0.5) is 4.39 Å². The van der Waals surface area contributed by atoms with E-state index in [-0.39, 0.29) is 17.3 Å². The molecule has 0 radical (unpaired) electrons. The molecule has 1 aromatic rings. The van der Waals surface area contributed by atoms with Crippen molar-refractivity contribution in [3.63, 3.8) is 0 Å². The van der Waals surface area contributed by atoms with Gasteiger partial charge in [-0.05, 0) is 30.2 Å². The van der Waals surface area contributed by atoms with Crippen molar-refractivity contribution in [2.24, 2.45) is 5.41 Å². The van der Waals surface area contributed by atoms with Gasteiger partial charge in [0.05, 0.1) is 0 Å². The number of halogens is 2. The Balaban J connectivity index is 3.13. The second kappa shape index (κ2) is 4.50. The highest BCUT2D eigenvalue weighted by Gasteiger charge is 2.26. The topological polar surface area (TPSA) is 12.0 Å². The highest BCUT2D eigenvalue weighted by molar-refractivity contribution is 6.31. The molecule has 1 aromatic carbocycles. The van der Waals surface area contributed by atoms with E-state index in [2.05, 4.69) is 26.1 Å². The Morgan fingerprint density at radius 1 is 1.33 bits per heavy atom. The SMILES string of the molecule is CNC(c1ccc(F)cc1Cl)C(C)(C)C. The van der Waals surface area contributed by atoms with Gasteiger partial charge in [0, 0.05) is 11.1 Å². The lowest BCUT2D eigenvalue weighted by Crippen LogP contribution is -2.29. The van der Waals surface area contributed by atoms with Crippen molar-refractivity contribution in [2.45, 2.75) is 26.8 Å². The van der Waals surface area contributed by atoms with Crippen LogP contribution in [0.25, 0.3) is 0 Å². The first-order valence-electron chi connectivity index (χ1n) is 4.98. The fraction of sp³-hybridized carbons (Fsp3) is 0.500. The molecule has 3 heteroatoms. The first kappa shape index (κ1) is 12.5. The maximum atomic E-state index is 12.9. The monoisotopic (exact) mass is 229 g/mol. The van der Waals surface area contributed by atoms with Crippen LogP contribution < -0.4 is 5.32 Å². The van der Waals surface area contributed by atoms with Crippen LogP contribution in [-0.2, 0) is 0 Å². The molecule has 0 aliphatic rings. The molecule has 1 unspecified atom stereocenters. The Hall–Kier alpha value is -0.600. The van der Waals surface area contributed by atoms with Crippen molar-refractivity contribution >= 4 is 11.6 Å². The molecule has 0 amide bonds. The van der Waals surface area contributed by atoms with Gasteiger partial charge in [0.25, 0.3) is 0 Å². The van der Waals surface area contributed by atoms with Gasteiger partial charge in [-0.3, -0.25) is 0 Å². The third-order valence-electron chi connectivity index (χ3n) is 2.43. The quantitative estimate of drug-likeness (QED) is 0.814. The lowest BCUT2D eigenvalue weighted by molar-refractivity contribution is 0.287. The number of hydrogen-bond donors (Lipinski definition) is 1. The van der Waals surface area contributed by atoms with Crippen LogP contribution in [0.15, 0.2) is 18.2 Å². The summed E-state index contributed by atoms with van der Waals surface area (Å²) in [6, 6.07) is 4.65. The van der Waals surface area contributed by atoms with Gasteiger partial charge in [0.15, 0.2) is 0 Å². The number of rotatable bonds is 2. The van der Waals surface area contributed by atoms with E-state index >= 15 is 0 Å². The lowest BCUT2D eigenvalue weighted by Gasteiger charge is -2.31. The summed E-state index contributed by atoms with van der Waals surface area (Å²) in [5, 5.41) is 3.69. The molecule has 0 spiro atoms. The van der Waals surface area contributed by atoms with E-state index in [4.69, 9.17) is 11.6 Å². The van der Waals surface area contributed by atoms with Gasteiger partial charge in [-0.25, -0.2) is 4.39 Å². The van der Waals surface area contributed by atoms with Crippen LogP contribution in [-0.4, -0.2) is 7.05 Å². The Morgan fingerprint density at radius 2 is 1.93 bits per heavy atom. The zero-order valence-electron chi connectivity index (χ0n) is 9.57. The Morgan fingerprint density at radius 3 is 2.33 bits per heavy atom. The fourth-order valence-electron chi connectivity index (χ4n) is 1.79. The maximum Gasteiger partial charge on any atom is 0.124 e. The van der Waals surface area contributed by atoms with Crippen molar-refractivity contribution in [1.82, 2.24) is 5.32 Å². The van der Waals surface area contributed by atoms with E-state index in [1.54, 1.807) is 6.07 Å². The van der Waals surface area contributed by atoms with E-state index in [9.17, 15) is 4.39 Å². The minimum atomic E-state index is -0.299. The highest BCUT2D eigenvalue weighted by Crippen LogP contribution is 2.36. The molecule has 1 N–H and O–H groups in total. The number of benzene rings is 1. The van der Waals surface area contributed by atoms with Crippen molar-refractivity contribution in [1.29, 1.82) is 0 Å². The molecule has 1 rings (SSSR count). The molecule has 1 atom stereocenters. The lowest BCUT2D eigenvalue weighted by atomic mass is 9.82. The third kappa shape index (κ3) is 2.93. The van der Waals surface area contributed by atoms with Crippen LogP contribution in [0.3, 0.4) is 0 Å². The van der Waals surface area contributed by atoms with Crippen molar-refractivity contribution < 1.29 is 4.39 Å². The average molecular weight is 230 g/mol. The standard InChI is InChI=1S/C12H17ClFN/c1-12(2,3)11(15-4)9-6-5-8(14)7-10(9)13/h5-7,11,15H,1-4H3. The van der Waals surface area contributed by atoms with E-state index in [0.29, 0.717) is 5.02 Å². The summed E-state index contributed by atoms with van der Waals surface area (Å²) in [6.45, 7) is 6.36. The Labute approximate surface area is 95.6 Å². The Bertz CT molecular complexity index is 344. The molecular formula is C12H17ClFN. The summed E-state index contributed by atoms with van der Waals surface area (Å²) < 4.78 is 12.9. The predicted molar refractivity (Wildman–Crippen MR) is 62.7 cm³/mol. The van der Waals surface area contributed by atoms with Gasteiger partial charge in [0.2, 0.25) is 0 Å². The van der Waals surface area contributed by atoms with Crippen molar-refractivity contribution in [3.05, 3.63) is 34.6 Å². The molecule has 0 heterocycles. The molecular weight excluding hydrogens is 213 g/mol. The number of nitrogens with one attached hydrogen (secondary N) is 1. The van der Waals surface area contributed by atoms with Crippen LogP contribution in [0.1, 0.15) is 32.4 Å². The summed E-state index contributed by atoms with van der Waals surface area (Å²) in [5.74, 6) is -0.299. The molecule has 1 nitrogen and oxygen atoms in total. The van der Waals surface area contributed by atoms with Gasteiger partial charge in [-0.15, -0.1) is 0 Å². The summed E-state index contributed by atoms with van der Waals surface area (Å²) >= 11 is 6.03. The van der Waals surface area contributed by atoms with Crippen molar-refractivity contribution in [3.8, 4) is 0 Å². The van der Waals surface area contributed by atoms with Crippen LogP contribution in [0, 0.1) is 11.2 Å². The van der Waals surface area contributed by atoms with Crippen LogP contribution >= 0.6 is 11.6 Å². The minimum absolute atomic E-state index is 0.0379. The van der Waals surface area contributed by atoms with Gasteiger partial charge in [0.1, 0.15) is 5.82 Å². The highest BCUT2D eigenvalue weighted by atomic mass is 35.5. The molecule has 84 valence electrons. The summed E-state index contributed by atoms with van der Waals surface area (Å²) in [5.41, 5.74) is 0.976. The smallest absolute Gasteiger partial charge is 0.124 e. The molecule has 0 aliphatic carbocycles. The molecule has 0 saturated carbocycles. The van der Waals surface area contributed by atoms with Gasteiger partial charge in [-0.1, -0.05) is 38.4 Å². The van der Waals surface area contributed by atoms with Crippen molar-refractivity contribution in [2.75, 3.05) is 7.05 Å². The molecule has 0 aliphatic heterocycles. The second-order valence-electron chi connectivity index (χ2n) is 4.75. The average Bonchev–Trinajstić information content (AvgIpc) is 2.07. The molecule has 0 saturated heterocycles. The normalized spacial score (nSPS) is 14.0. The maximum absolute atomic E-state index is 12.9. The molecule has 15 heavy (non-hydrogen) atoms. The molecule has 0 fully saturated rings. The van der Waals surface area contributed by atoms with E-state index in [1.165, 1.54) is 12.1 Å². The zero-order valence-corrected chi connectivity index (χ0v) is 10.3. The third-order valence-corrected chi connectivity index (χ3v) is 2.76. The largest absolute Gasteiger partial charge is 0.313 e. The molecule has 0 aromatic heterocycles. The van der Waals surface area contributed by atoms with Gasteiger partial charge in [-0.2, -0.15) is 0 Å². The van der Waals surface area contributed by atoms with E-state index in [0.717, 1.165) is 5.56 Å². The summed E-state index contributed by atoms with van der Waals surface area (Å²) in [6.07, 6.45) is 0. The fourth-order valence-corrected chi connectivity index (χ4v) is 2.07. The summed E-state index contributed by atoms with van der Waals surface area (Å²) in [4.78, 5) is 0. The summed E-state index contributed by atoms with van der Waals surface area (Å²) in [7, 11) is 1.88. The van der Waals surface area contributed by atoms with Crippen LogP contribution in [0.2, 0.25) is 5.02 Å². The van der Waals surface area contributed by atoms with Gasteiger partial charge >= 0.3 is 0 Å². The number of hydrogen-bond acceptors (Lipinski definition) is 1. The molecule has 0 bridgehead atoms. The Kier molecular flexibility index (Phi) is 3.74. The first-order valence-corrected chi connectivity index (χ1v) is 5.36. The van der Waals surface area contributed by atoms with E-state index < -0.39 is 0 Å². The second-order valence-corrected chi connectivity index (χ2v) is 5.16. The predicted octanol–water partition coefficient (Wildman–Crippen LogP) is 3.79. The zero-order chi connectivity index (χ0) is 11.6. The minimum Gasteiger partial charge on any atom is -0.313 e. The first-order chi connectivity index (χ1) is 6.86. The van der Waals surface area contributed by atoms with E-state index in [1.807, 2.05) is 7.05 Å².